The molecule has 174 valence electrons. The van der Waals surface area contributed by atoms with Gasteiger partial charge in [-0.25, -0.2) is 0 Å². The maximum Gasteiger partial charge on any atom is 0.271 e. The number of carbonyl (C=O) groups is 1. The summed E-state index contributed by atoms with van der Waals surface area (Å²) in [5, 5.41) is 11.8. The summed E-state index contributed by atoms with van der Waals surface area (Å²) in [6.45, 7) is 8.30. The molecule has 1 amide bonds. The fourth-order valence-electron chi connectivity index (χ4n) is 4.54. The molecule has 0 saturated carbocycles. The van der Waals surface area contributed by atoms with Crippen molar-refractivity contribution in [2.45, 2.75) is 45.6 Å². The van der Waals surface area contributed by atoms with Gasteiger partial charge < -0.3 is 4.90 Å². The van der Waals surface area contributed by atoms with Crippen LogP contribution in [0.5, 0.6) is 0 Å². The van der Waals surface area contributed by atoms with Gasteiger partial charge in [-0.1, -0.05) is 44.2 Å². The average molecular weight is 455 g/mol. The molecule has 1 aliphatic heterocycles. The lowest BCUT2D eigenvalue weighted by Gasteiger charge is -2.16. The van der Waals surface area contributed by atoms with Crippen molar-refractivity contribution in [2.24, 2.45) is 0 Å². The number of hydrogen-bond donors (Lipinski definition) is 1. The molecular weight excluding hydrogens is 424 g/mol. The standard InChI is InChI=1S/C27H30N6O/c1-18(2)24-13-26(31-30-24)27(34)32-10-9-21(16-32)25-12-22(11-19(3)29-25)23-14-28-33(17-23)15-20-7-5-4-6-8-20/h4-8,11-14,17-18,21H,9-10,15-16H2,1-3H3,(H,30,31). The molecule has 7 heteroatoms. The number of carbonyl (C=O) groups excluding carboxylic acids is 1. The lowest BCUT2D eigenvalue weighted by Crippen LogP contribution is -2.28. The summed E-state index contributed by atoms with van der Waals surface area (Å²) in [6, 6.07) is 16.5. The van der Waals surface area contributed by atoms with Crippen LogP contribution >= 0.6 is 0 Å². The van der Waals surface area contributed by atoms with Gasteiger partial charge >= 0.3 is 0 Å². The Bertz CT molecular complexity index is 1290. The van der Waals surface area contributed by atoms with Crippen molar-refractivity contribution < 1.29 is 4.79 Å². The predicted molar refractivity (Wildman–Crippen MR) is 132 cm³/mol. The second-order valence-electron chi connectivity index (χ2n) is 9.43. The van der Waals surface area contributed by atoms with Crippen molar-refractivity contribution in [1.29, 1.82) is 0 Å². The van der Waals surface area contributed by atoms with Gasteiger partial charge in [-0.2, -0.15) is 10.2 Å². The molecule has 1 unspecified atom stereocenters. The van der Waals surface area contributed by atoms with Crippen molar-refractivity contribution in [3.63, 3.8) is 0 Å². The van der Waals surface area contributed by atoms with Crippen LogP contribution in [-0.2, 0) is 6.54 Å². The molecule has 5 rings (SSSR count). The van der Waals surface area contributed by atoms with Gasteiger partial charge in [-0.05, 0) is 48.6 Å². The molecule has 0 spiro atoms. The first kappa shape index (κ1) is 22.1. The molecule has 1 N–H and O–H groups in total. The molecule has 1 fully saturated rings. The molecular formula is C27H30N6O. The number of nitrogens with one attached hydrogen (secondary N) is 1. The Hall–Kier alpha value is -3.74. The second-order valence-corrected chi connectivity index (χ2v) is 9.43. The van der Waals surface area contributed by atoms with Crippen LogP contribution in [-0.4, -0.2) is 48.9 Å². The number of aryl methyl sites for hydroxylation is 1. The van der Waals surface area contributed by atoms with Crippen molar-refractivity contribution in [3.8, 4) is 11.1 Å². The lowest BCUT2D eigenvalue weighted by molar-refractivity contribution is 0.0785. The minimum absolute atomic E-state index is 0.0111. The van der Waals surface area contributed by atoms with E-state index in [4.69, 9.17) is 4.98 Å². The van der Waals surface area contributed by atoms with E-state index in [0.717, 1.165) is 47.7 Å². The van der Waals surface area contributed by atoms with Gasteiger partial charge in [-0.3, -0.25) is 19.6 Å². The van der Waals surface area contributed by atoms with Crippen LogP contribution in [0.4, 0.5) is 0 Å². The first-order valence-corrected chi connectivity index (χ1v) is 11.9. The fourth-order valence-corrected chi connectivity index (χ4v) is 4.54. The molecule has 34 heavy (non-hydrogen) atoms. The quantitative estimate of drug-likeness (QED) is 0.455. The largest absolute Gasteiger partial charge is 0.337 e. The highest BCUT2D eigenvalue weighted by molar-refractivity contribution is 5.92. The second kappa shape index (κ2) is 9.25. The Morgan fingerprint density at radius 3 is 2.74 bits per heavy atom. The maximum atomic E-state index is 13.0. The fraction of sp³-hybridized carbons (Fsp3) is 0.333. The minimum atomic E-state index is 0.0111. The van der Waals surface area contributed by atoms with Crippen LogP contribution in [0, 0.1) is 6.92 Å². The smallest absolute Gasteiger partial charge is 0.271 e. The molecule has 7 nitrogen and oxygen atoms in total. The summed E-state index contributed by atoms with van der Waals surface area (Å²) in [5.41, 5.74) is 6.90. The first-order chi connectivity index (χ1) is 16.5. The highest BCUT2D eigenvalue weighted by Gasteiger charge is 2.30. The van der Waals surface area contributed by atoms with E-state index in [1.165, 1.54) is 5.56 Å². The van der Waals surface area contributed by atoms with Gasteiger partial charge in [0.2, 0.25) is 0 Å². The summed E-state index contributed by atoms with van der Waals surface area (Å²) in [7, 11) is 0. The third kappa shape index (κ3) is 4.64. The van der Waals surface area contributed by atoms with E-state index in [0.29, 0.717) is 12.2 Å². The highest BCUT2D eigenvalue weighted by Crippen LogP contribution is 2.30. The van der Waals surface area contributed by atoms with E-state index in [-0.39, 0.29) is 17.7 Å². The van der Waals surface area contributed by atoms with Gasteiger partial charge in [0.05, 0.1) is 18.4 Å². The Morgan fingerprint density at radius 2 is 1.97 bits per heavy atom. The number of aromatic amines is 1. The van der Waals surface area contributed by atoms with Crippen LogP contribution in [0.15, 0.2) is 60.9 Å². The highest BCUT2D eigenvalue weighted by atomic mass is 16.2. The van der Waals surface area contributed by atoms with Crippen LogP contribution in [0.3, 0.4) is 0 Å². The Labute approximate surface area is 199 Å². The molecule has 4 aromatic rings. The molecule has 3 aromatic heterocycles. The molecule has 1 aliphatic rings. The first-order valence-electron chi connectivity index (χ1n) is 11.9. The van der Waals surface area contributed by atoms with Crippen LogP contribution in [0.25, 0.3) is 11.1 Å². The van der Waals surface area contributed by atoms with Gasteiger partial charge in [0.15, 0.2) is 0 Å². The van der Waals surface area contributed by atoms with Crippen LogP contribution in [0.1, 0.15) is 65.2 Å². The van der Waals surface area contributed by atoms with E-state index in [1.807, 2.05) is 47.0 Å². The van der Waals surface area contributed by atoms with E-state index < -0.39 is 0 Å². The number of aromatic nitrogens is 5. The predicted octanol–water partition coefficient (Wildman–Crippen LogP) is 4.78. The van der Waals surface area contributed by atoms with Gasteiger partial charge in [-0.15, -0.1) is 0 Å². The Balaban J connectivity index is 1.31. The Kier molecular flexibility index (Phi) is 6.01. The van der Waals surface area contributed by atoms with Gasteiger partial charge in [0.1, 0.15) is 5.69 Å². The number of benzene rings is 1. The lowest BCUT2D eigenvalue weighted by atomic mass is 10.00. The molecule has 1 saturated heterocycles. The summed E-state index contributed by atoms with van der Waals surface area (Å²) in [4.78, 5) is 19.7. The molecule has 0 bridgehead atoms. The zero-order valence-electron chi connectivity index (χ0n) is 19.9. The van der Waals surface area contributed by atoms with E-state index in [2.05, 4.69) is 59.6 Å². The summed E-state index contributed by atoms with van der Waals surface area (Å²) < 4.78 is 1.96. The number of nitrogens with zero attached hydrogens (tertiary/aromatic N) is 5. The monoisotopic (exact) mass is 454 g/mol. The van der Waals surface area contributed by atoms with E-state index >= 15 is 0 Å². The number of H-pyrrole nitrogens is 1. The average Bonchev–Trinajstić information content (AvgIpc) is 3.59. The number of amides is 1. The van der Waals surface area contributed by atoms with Crippen molar-refractivity contribution in [3.05, 3.63) is 89.3 Å². The van der Waals surface area contributed by atoms with Gasteiger partial charge in [0.25, 0.3) is 5.91 Å². The zero-order chi connectivity index (χ0) is 23.7. The van der Waals surface area contributed by atoms with E-state index in [9.17, 15) is 4.79 Å². The molecule has 0 radical (unpaired) electrons. The van der Waals surface area contributed by atoms with Crippen LogP contribution in [0.2, 0.25) is 0 Å². The molecule has 1 atom stereocenters. The Morgan fingerprint density at radius 1 is 1.15 bits per heavy atom. The summed E-state index contributed by atoms with van der Waals surface area (Å²) in [5.74, 6) is 0.516. The number of rotatable bonds is 6. The SMILES string of the molecule is Cc1cc(-c2cnn(Cc3ccccc3)c2)cc(C2CCN(C(=O)c3cc(C(C)C)n[nH]3)C2)n1. The molecule has 4 heterocycles. The third-order valence-corrected chi connectivity index (χ3v) is 6.44. The minimum Gasteiger partial charge on any atom is -0.337 e. The summed E-state index contributed by atoms with van der Waals surface area (Å²) in [6.07, 6.45) is 4.90. The zero-order valence-corrected chi connectivity index (χ0v) is 19.9. The van der Waals surface area contributed by atoms with Crippen molar-refractivity contribution in [1.82, 2.24) is 29.9 Å². The number of likely N-dealkylation sites (tertiary alicyclic amines) is 1. The molecule has 0 aliphatic carbocycles. The van der Waals surface area contributed by atoms with Crippen molar-refractivity contribution in [2.75, 3.05) is 13.1 Å². The topological polar surface area (TPSA) is 79.7 Å². The molecule has 1 aromatic carbocycles. The van der Waals surface area contributed by atoms with E-state index in [1.54, 1.807) is 0 Å². The number of pyridine rings is 1. The third-order valence-electron chi connectivity index (χ3n) is 6.44. The number of hydrogen-bond acceptors (Lipinski definition) is 4. The normalized spacial score (nSPS) is 15.9. The summed E-state index contributed by atoms with van der Waals surface area (Å²) >= 11 is 0. The van der Waals surface area contributed by atoms with Gasteiger partial charge in [0, 0.05) is 42.2 Å². The van der Waals surface area contributed by atoms with Crippen LogP contribution < -0.4 is 0 Å². The maximum absolute atomic E-state index is 13.0. The van der Waals surface area contributed by atoms with Crippen molar-refractivity contribution >= 4 is 5.91 Å².